The van der Waals surface area contributed by atoms with Crippen molar-refractivity contribution in [3.8, 4) is 0 Å². The van der Waals surface area contributed by atoms with Crippen LogP contribution in [0.25, 0.3) is 0 Å². The third kappa shape index (κ3) is 6.72. The summed E-state index contributed by atoms with van der Waals surface area (Å²) in [6, 6.07) is 12.5. The number of amides is 2. The van der Waals surface area contributed by atoms with E-state index in [4.69, 9.17) is 23.2 Å². The Hall–Kier alpha value is -2.55. The molecule has 2 aromatic carbocycles. The Balaban J connectivity index is 1.56. The van der Waals surface area contributed by atoms with Crippen LogP contribution in [0.5, 0.6) is 0 Å². The largest absolute Gasteiger partial charge is 0.345 e. The van der Waals surface area contributed by atoms with Crippen molar-refractivity contribution in [2.45, 2.75) is 44.9 Å². The van der Waals surface area contributed by atoms with E-state index in [1.54, 1.807) is 12.1 Å². The molecule has 1 aromatic heterocycles. The number of anilines is 1. The van der Waals surface area contributed by atoms with Gasteiger partial charge in [0.15, 0.2) is 11.0 Å². The minimum absolute atomic E-state index is 0.129. The van der Waals surface area contributed by atoms with Gasteiger partial charge in [-0.25, -0.2) is 0 Å². The van der Waals surface area contributed by atoms with Gasteiger partial charge < -0.3 is 15.2 Å². The van der Waals surface area contributed by atoms with Crippen molar-refractivity contribution in [2.75, 3.05) is 11.1 Å². The van der Waals surface area contributed by atoms with E-state index in [0.717, 1.165) is 5.69 Å². The lowest BCUT2D eigenvalue weighted by Gasteiger charge is -2.10. The van der Waals surface area contributed by atoms with E-state index >= 15 is 0 Å². The topological polar surface area (TPSA) is 88.9 Å². The van der Waals surface area contributed by atoms with Crippen LogP contribution in [0.15, 0.2) is 47.6 Å². The molecule has 0 atom stereocenters. The van der Waals surface area contributed by atoms with Gasteiger partial charge in [-0.15, -0.1) is 10.2 Å². The minimum Gasteiger partial charge on any atom is -0.345 e. The van der Waals surface area contributed by atoms with Crippen LogP contribution in [0.2, 0.25) is 10.0 Å². The summed E-state index contributed by atoms with van der Waals surface area (Å²) in [6.07, 6.45) is 0. The Kier molecular flexibility index (Phi) is 8.77. The van der Waals surface area contributed by atoms with Crippen molar-refractivity contribution in [3.05, 3.63) is 69.5 Å². The summed E-state index contributed by atoms with van der Waals surface area (Å²) >= 11 is 13.3. The number of halogens is 2. The highest BCUT2D eigenvalue weighted by molar-refractivity contribution is 7.99. The van der Waals surface area contributed by atoms with Crippen LogP contribution in [-0.2, 0) is 17.9 Å². The van der Waals surface area contributed by atoms with Gasteiger partial charge in [0.1, 0.15) is 0 Å². The van der Waals surface area contributed by atoms with Gasteiger partial charge in [-0.2, -0.15) is 0 Å². The van der Waals surface area contributed by atoms with E-state index in [1.807, 2.05) is 35.8 Å². The summed E-state index contributed by atoms with van der Waals surface area (Å²) in [4.78, 5) is 24.8. The molecule has 0 aliphatic carbocycles. The smallest absolute Gasteiger partial charge is 0.253 e. The molecule has 0 aliphatic rings. The Morgan fingerprint density at radius 2 is 1.82 bits per heavy atom. The Morgan fingerprint density at radius 3 is 2.45 bits per heavy atom. The normalized spacial score (nSPS) is 11.0. The first-order valence-electron chi connectivity index (χ1n) is 10.5. The summed E-state index contributed by atoms with van der Waals surface area (Å²) in [5, 5.41) is 15.4. The van der Waals surface area contributed by atoms with Crippen molar-refractivity contribution in [1.82, 2.24) is 20.1 Å². The third-order valence-electron chi connectivity index (χ3n) is 4.89. The van der Waals surface area contributed by atoms with Crippen molar-refractivity contribution in [3.63, 3.8) is 0 Å². The van der Waals surface area contributed by atoms with E-state index in [2.05, 4.69) is 34.7 Å². The van der Waals surface area contributed by atoms with Gasteiger partial charge in [0.25, 0.3) is 5.91 Å². The van der Waals surface area contributed by atoms with Crippen LogP contribution in [0.1, 0.15) is 48.4 Å². The number of benzene rings is 2. The molecule has 0 bridgehead atoms. The van der Waals surface area contributed by atoms with Crippen molar-refractivity contribution >= 4 is 52.5 Å². The van der Waals surface area contributed by atoms with Crippen LogP contribution in [0.3, 0.4) is 0 Å². The summed E-state index contributed by atoms with van der Waals surface area (Å²) in [6.45, 7) is 6.97. The minimum atomic E-state index is -0.334. The second-order valence-corrected chi connectivity index (χ2v) is 9.35. The molecular weight excluding hydrogens is 481 g/mol. The molecule has 174 valence electrons. The molecule has 3 rings (SSSR count). The van der Waals surface area contributed by atoms with Gasteiger partial charge in [0, 0.05) is 17.3 Å². The third-order valence-corrected chi connectivity index (χ3v) is 6.40. The van der Waals surface area contributed by atoms with Crippen molar-refractivity contribution in [2.24, 2.45) is 0 Å². The average molecular weight is 506 g/mol. The van der Waals surface area contributed by atoms with Gasteiger partial charge in [-0.1, -0.05) is 60.9 Å². The molecule has 0 saturated carbocycles. The predicted octanol–water partition coefficient (Wildman–Crippen LogP) is 5.39. The zero-order valence-corrected chi connectivity index (χ0v) is 20.9. The maximum atomic E-state index is 12.4. The first-order chi connectivity index (χ1) is 15.8. The second-order valence-electron chi connectivity index (χ2n) is 7.56. The lowest BCUT2D eigenvalue weighted by Crippen LogP contribution is -2.25. The fourth-order valence-electron chi connectivity index (χ4n) is 3.08. The number of aromatic nitrogens is 3. The van der Waals surface area contributed by atoms with Crippen molar-refractivity contribution < 1.29 is 9.59 Å². The monoisotopic (exact) mass is 505 g/mol. The number of rotatable bonds is 9. The summed E-state index contributed by atoms with van der Waals surface area (Å²) in [5.74, 6) is 0.752. The van der Waals surface area contributed by atoms with E-state index < -0.39 is 0 Å². The number of nitrogens with zero attached hydrogens (tertiary/aromatic N) is 3. The molecule has 3 aromatic rings. The first kappa shape index (κ1) is 25.1. The Labute approximate surface area is 207 Å². The van der Waals surface area contributed by atoms with Gasteiger partial charge in [-0.3, -0.25) is 9.59 Å². The quantitative estimate of drug-likeness (QED) is 0.380. The lowest BCUT2D eigenvalue weighted by atomic mass is 10.0. The van der Waals surface area contributed by atoms with Crippen LogP contribution in [0.4, 0.5) is 5.69 Å². The fourth-order valence-corrected chi connectivity index (χ4v) is 4.40. The molecule has 7 nitrogen and oxygen atoms in total. The molecule has 0 fully saturated rings. The highest BCUT2D eigenvalue weighted by Gasteiger charge is 2.16. The van der Waals surface area contributed by atoms with Gasteiger partial charge in [0.2, 0.25) is 5.91 Å². The lowest BCUT2D eigenvalue weighted by molar-refractivity contribution is -0.113. The molecule has 2 N–H and O–H groups in total. The van der Waals surface area contributed by atoms with E-state index in [0.29, 0.717) is 34.0 Å². The summed E-state index contributed by atoms with van der Waals surface area (Å²) in [7, 11) is 0. The zero-order valence-electron chi connectivity index (χ0n) is 18.6. The van der Waals surface area contributed by atoms with Gasteiger partial charge >= 0.3 is 0 Å². The van der Waals surface area contributed by atoms with E-state index in [1.165, 1.54) is 23.4 Å². The maximum absolute atomic E-state index is 12.4. The van der Waals surface area contributed by atoms with Crippen LogP contribution in [-0.4, -0.2) is 32.3 Å². The van der Waals surface area contributed by atoms with Crippen LogP contribution in [0, 0.1) is 0 Å². The molecule has 2 amide bonds. The fraction of sp³-hybridized carbons (Fsp3) is 0.304. The molecule has 0 radical (unpaired) electrons. The van der Waals surface area contributed by atoms with Crippen molar-refractivity contribution in [1.29, 1.82) is 0 Å². The molecule has 0 aliphatic heterocycles. The number of nitrogens with one attached hydrogen (secondary N) is 2. The van der Waals surface area contributed by atoms with Crippen LogP contribution >= 0.6 is 35.0 Å². The molecule has 1 heterocycles. The first-order valence-corrected chi connectivity index (χ1v) is 12.2. The molecule has 0 saturated heterocycles. The molecule has 10 heteroatoms. The SMILES string of the molecule is CCn1c(CNC(=O)c2ccc(Cl)cc2Cl)nnc1SCC(=O)Nc1ccc(C(C)C)cc1. The number of carbonyl (C=O) groups excluding carboxylic acids is 2. The van der Waals surface area contributed by atoms with Gasteiger partial charge in [-0.05, 0) is 48.7 Å². The maximum Gasteiger partial charge on any atom is 0.253 e. The number of thioether (sulfide) groups is 1. The zero-order chi connectivity index (χ0) is 24.0. The Morgan fingerprint density at radius 1 is 1.09 bits per heavy atom. The average Bonchev–Trinajstić information content (AvgIpc) is 3.18. The highest BCUT2D eigenvalue weighted by atomic mass is 35.5. The highest BCUT2D eigenvalue weighted by Crippen LogP contribution is 2.22. The number of hydrogen-bond acceptors (Lipinski definition) is 5. The van der Waals surface area contributed by atoms with Gasteiger partial charge in [0.05, 0.1) is 22.9 Å². The number of hydrogen-bond donors (Lipinski definition) is 2. The Bertz CT molecular complexity index is 1130. The van der Waals surface area contributed by atoms with E-state index in [-0.39, 0.29) is 29.1 Å². The van der Waals surface area contributed by atoms with E-state index in [9.17, 15) is 9.59 Å². The number of carbonyl (C=O) groups is 2. The van der Waals surface area contributed by atoms with Crippen LogP contribution < -0.4 is 10.6 Å². The molecule has 0 spiro atoms. The molecular formula is C23H25Cl2N5O2S. The standard InChI is InChI=1S/C23H25Cl2N5O2S/c1-4-30-20(12-26-22(32)18-10-7-16(24)11-19(18)25)28-29-23(30)33-13-21(31)27-17-8-5-15(6-9-17)14(2)3/h5-11,14H,4,12-13H2,1-3H3,(H,26,32)(H,27,31). The summed E-state index contributed by atoms with van der Waals surface area (Å²) < 4.78 is 1.86. The summed E-state index contributed by atoms with van der Waals surface area (Å²) in [5.41, 5.74) is 2.30. The predicted molar refractivity (Wildman–Crippen MR) is 133 cm³/mol. The second kappa shape index (κ2) is 11.5. The molecule has 0 unspecified atom stereocenters. The molecule has 33 heavy (non-hydrogen) atoms.